The number of fused-ring (bicyclic) bond motifs is 1. The second-order valence-corrected chi connectivity index (χ2v) is 8.22. The van der Waals surface area contributed by atoms with Gasteiger partial charge in [0.2, 0.25) is 5.91 Å². The lowest BCUT2D eigenvalue weighted by Crippen LogP contribution is -2.32. The Balaban J connectivity index is 1.76. The molecule has 0 saturated carbocycles. The fraction of sp³-hybridized carbons (Fsp3) is 0.280. The van der Waals surface area contributed by atoms with Crippen LogP contribution in [0.5, 0.6) is 0 Å². The third-order valence-corrected chi connectivity index (χ3v) is 6.07. The topological polar surface area (TPSA) is 60.1 Å². The quantitative estimate of drug-likeness (QED) is 0.401. The Morgan fingerprint density at radius 1 is 1.16 bits per heavy atom. The maximum atomic E-state index is 13.2. The molecule has 5 nitrogen and oxygen atoms in total. The van der Waals surface area contributed by atoms with Gasteiger partial charge in [-0.05, 0) is 67.3 Å². The van der Waals surface area contributed by atoms with Crippen LogP contribution in [0, 0.1) is 13.8 Å². The molecule has 1 atom stereocenters. The van der Waals surface area contributed by atoms with E-state index in [1.165, 1.54) is 11.1 Å². The Kier molecular flexibility index (Phi) is 6.14. The van der Waals surface area contributed by atoms with Gasteiger partial charge < -0.3 is 14.3 Å². The molecule has 0 saturated heterocycles. The molecule has 0 aliphatic rings. The molecule has 4 rings (SSSR count). The molecule has 0 spiro atoms. The Bertz CT molecular complexity index is 1210. The van der Waals surface area contributed by atoms with Gasteiger partial charge in [-0.2, -0.15) is 0 Å². The molecular formula is C25H26ClN3O2. The molecule has 6 heteroatoms. The van der Waals surface area contributed by atoms with Crippen molar-refractivity contribution in [2.24, 2.45) is 0 Å². The first-order chi connectivity index (χ1) is 15.0. The summed E-state index contributed by atoms with van der Waals surface area (Å²) >= 11 is 6.43. The summed E-state index contributed by atoms with van der Waals surface area (Å²) in [5.41, 5.74) is 5.19. The average molecular weight is 436 g/mol. The number of rotatable bonds is 7. The summed E-state index contributed by atoms with van der Waals surface area (Å²) in [6, 6.07) is 15.2. The number of hydrogen-bond acceptors (Lipinski definition) is 3. The fourth-order valence-corrected chi connectivity index (χ4v) is 4.08. The molecule has 0 aliphatic heterocycles. The van der Waals surface area contributed by atoms with E-state index in [1.54, 1.807) is 6.26 Å². The average Bonchev–Trinajstić information content (AvgIpc) is 3.38. The summed E-state index contributed by atoms with van der Waals surface area (Å²) in [7, 11) is 0. The molecule has 0 radical (unpaired) electrons. The number of carbonyl (C=O) groups excluding carboxylic acids is 1. The van der Waals surface area contributed by atoms with Crippen LogP contribution in [-0.4, -0.2) is 15.5 Å². The largest absolute Gasteiger partial charge is 0.467 e. The smallest absolute Gasteiger partial charge is 0.243 e. The number of carbonyl (C=O) groups is 1. The molecule has 0 unspecified atom stereocenters. The normalized spacial score (nSPS) is 12.3. The molecule has 2 aromatic heterocycles. The van der Waals surface area contributed by atoms with Gasteiger partial charge in [-0.1, -0.05) is 36.7 Å². The van der Waals surface area contributed by atoms with Gasteiger partial charge in [0, 0.05) is 11.4 Å². The third-order valence-electron chi connectivity index (χ3n) is 5.70. The van der Waals surface area contributed by atoms with Crippen LogP contribution >= 0.6 is 11.6 Å². The summed E-state index contributed by atoms with van der Waals surface area (Å²) in [6.07, 6.45) is 2.79. The van der Waals surface area contributed by atoms with Crippen molar-refractivity contribution >= 4 is 28.5 Å². The van der Waals surface area contributed by atoms with Gasteiger partial charge >= 0.3 is 0 Å². The molecule has 2 heterocycles. The minimum Gasteiger partial charge on any atom is -0.467 e. The van der Waals surface area contributed by atoms with E-state index in [0.717, 1.165) is 28.2 Å². The second-order valence-electron chi connectivity index (χ2n) is 7.81. The minimum absolute atomic E-state index is 0.0585. The SMILES string of the molecule is CC[C@H](C(=O)NCc1ccco1)n1c(Cc2ccccc2Cl)nc2cc(C)c(C)cc21. The summed E-state index contributed by atoms with van der Waals surface area (Å²) < 4.78 is 7.43. The molecule has 4 aromatic rings. The number of imidazole rings is 1. The van der Waals surface area contributed by atoms with Gasteiger partial charge in [0.25, 0.3) is 0 Å². The lowest BCUT2D eigenvalue weighted by Gasteiger charge is -2.20. The van der Waals surface area contributed by atoms with Crippen molar-refractivity contribution in [3.8, 4) is 0 Å². The first-order valence-electron chi connectivity index (χ1n) is 10.5. The van der Waals surface area contributed by atoms with Crippen molar-refractivity contribution in [3.05, 3.63) is 88.1 Å². The van der Waals surface area contributed by atoms with Crippen LogP contribution in [0.1, 0.15) is 47.7 Å². The Morgan fingerprint density at radius 2 is 1.94 bits per heavy atom. The minimum atomic E-state index is -0.389. The molecule has 0 fully saturated rings. The molecule has 1 N–H and O–H groups in total. The van der Waals surface area contributed by atoms with Gasteiger partial charge in [0.1, 0.15) is 17.6 Å². The highest BCUT2D eigenvalue weighted by molar-refractivity contribution is 6.31. The molecular weight excluding hydrogens is 410 g/mol. The number of amides is 1. The van der Waals surface area contributed by atoms with Crippen molar-refractivity contribution in [2.75, 3.05) is 0 Å². The van der Waals surface area contributed by atoms with Crippen LogP contribution in [-0.2, 0) is 17.8 Å². The van der Waals surface area contributed by atoms with Crippen molar-refractivity contribution < 1.29 is 9.21 Å². The van der Waals surface area contributed by atoms with Crippen molar-refractivity contribution in [2.45, 2.75) is 46.2 Å². The molecule has 0 aliphatic carbocycles. The zero-order valence-electron chi connectivity index (χ0n) is 18.0. The van der Waals surface area contributed by atoms with Crippen LogP contribution < -0.4 is 5.32 Å². The number of furan rings is 1. The van der Waals surface area contributed by atoms with E-state index in [4.69, 9.17) is 21.0 Å². The number of nitrogens with one attached hydrogen (secondary N) is 1. The van der Waals surface area contributed by atoms with Crippen molar-refractivity contribution in [3.63, 3.8) is 0 Å². The van der Waals surface area contributed by atoms with Gasteiger partial charge in [0.05, 0.1) is 23.8 Å². The zero-order chi connectivity index (χ0) is 22.0. The lowest BCUT2D eigenvalue weighted by atomic mass is 10.1. The van der Waals surface area contributed by atoms with Crippen molar-refractivity contribution in [1.82, 2.24) is 14.9 Å². The van der Waals surface area contributed by atoms with Crippen LogP contribution in [0.15, 0.2) is 59.2 Å². The lowest BCUT2D eigenvalue weighted by molar-refractivity contribution is -0.124. The Labute approximate surface area is 187 Å². The highest BCUT2D eigenvalue weighted by Gasteiger charge is 2.25. The number of aryl methyl sites for hydroxylation is 2. The highest BCUT2D eigenvalue weighted by atomic mass is 35.5. The van der Waals surface area contributed by atoms with E-state index in [-0.39, 0.29) is 11.9 Å². The maximum Gasteiger partial charge on any atom is 0.243 e. The summed E-state index contributed by atoms with van der Waals surface area (Å²) in [5.74, 6) is 1.49. The zero-order valence-corrected chi connectivity index (χ0v) is 18.7. The first-order valence-corrected chi connectivity index (χ1v) is 10.9. The summed E-state index contributed by atoms with van der Waals surface area (Å²) in [6.45, 7) is 6.53. The van der Waals surface area contributed by atoms with E-state index in [2.05, 4.69) is 35.9 Å². The highest BCUT2D eigenvalue weighted by Crippen LogP contribution is 2.29. The van der Waals surface area contributed by atoms with Crippen molar-refractivity contribution in [1.29, 1.82) is 0 Å². The standard InChI is InChI=1S/C25H26ClN3O2/c1-4-22(25(30)27-15-19-9-7-11-31-19)29-23-13-17(3)16(2)12-21(23)28-24(29)14-18-8-5-6-10-20(18)26/h5-13,22H,4,14-15H2,1-3H3,(H,27,30)/t22-/m1/s1. The number of aromatic nitrogens is 2. The van der Waals surface area contributed by atoms with Gasteiger partial charge in [0.15, 0.2) is 0 Å². The predicted molar refractivity (Wildman–Crippen MR) is 123 cm³/mol. The van der Waals surface area contributed by atoms with E-state index >= 15 is 0 Å². The second kappa shape index (κ2) is 8.98. The number of halogens is 1. The number of hydrogen-bond donors (Lipinski definition) is 1. The van der Waals surface area contributed by atoms with Crippen LogP contribution in [0.3, 0.4) is 0 Å². The molecule has 31 heavy (non-hydrogen) atoms. The van der Waals surface area contributed by atoms with Crippen LogP contribution in [0.2, 0.25) is 5.02 Å². The number of benzene rings is 2. The van der Waals surface area contributed by atoms with E-state index in [9.17, 15) is 4.79 Å². The van der Waals surface area contributed by atoms with E-state index in [0.29, 0.717) is 24.4 Å². The van der Waals surface area contributed by atoms with Gasteiger partial charge in [-0.25, -0.2) is 4.98 Å². The summed E-state index contributed by atoms with van der Waals surface area (Å²) in [4.78, 5) is 18.1. The fourth-order valence-electron chi connectivity index (χ4n) is 3.88. The van der Waals surface area contributed by atoms with Gasteiger partial charge in [-0.15, -0.1) is 0 Å². The van der Waals surface area contributed by atoms with Crippen LogP contribution in [0.25, 0.3) is 11.0 Å². The van der Waals surface area contributed by atoms with E-state index in [1.807, 2.05) is 43.3 Å². The monoisotopic (exact) mass is 435 g/mol. The predicted octanol–water partition coefficient (Wildman–Crippen LogP) is 5.76. The third kappa shape index (κ3) is 4.37. The molecule has 0 bridgehead atoms. The number of nitrogens with zero attached hydrogens (tertiary/aromatic N) is 2. The maximum absolute atomic E-state index is 13.2. The summed E-state index contributed by atoms with van der Waals surface area (Å²) in [5, 5.41) is 3.71. The Hall–Kier alpha value is -3.05. The van der Waals surface area contributed by atoms with Crippen LogP contribution in [0.4, 0.5) is 0 Å². The van der Waals surface area contributed by atoms with E-state index < -0.39 is 0 Å². The molecule has 160 valence electrons. The first kappa shape index (κ1) is 21.2. The molecule has 1 amide bonds. The van der Waals surface area contributed by atoms with Gasteiger partial charge in [-0.3, -0.25) is 4.79 Å². The molecule has 2 aromatic carbocycles. The Morgan fingerprint density at radius 3 is 2.65 bits per heavy atom.